The first-order valence-corrected chi connectivity index (χ1v) is 9.68. The summed E-state index contributed by atoms with van der Waals surface area (Å²) in [6.07, 6.45) is 0. The van der Waals surface area contributed by atoms with Crippen molar-refractivity contribution in [2.45, 2.75) is 0 Å². The highest BCUT2D eigenvalue weighted by Gasteiger charge is 2.20. The number of esters is 1. The molecular weight excluding hydrogens is 423 g/mol. The lowest BCUT2D eigenvalue weighted by Crippen LogP contribution is -2.08. The van der Waals surface area contributed by atoms with Crippen molar-refractivity contribution in [3.8, 4) is 11.5 Å². The molecule has 0 aromatic heterocycles. The maximum atomic E-state index is 12.7. The molecule has 4 aromatic rings. The fourth-order valence-electron chi connectivity index (χ4n) is 2.90. The molecule has 0 aliphatic rings. The van der Waals surface area contributed by atoms with Gasteiger partial charge in [0, 0.05) is 5.39 Å². The number of carbonyl (C=O) groups is 1. The smallest absolute Gasteiger partial charge is 0.347 e. The number of aromatic hydroxyl groups is 1. The Bertz CT molecular complexity index is 1270. The first-order chi connectivity index (χ1) is 14.5. The number of azo groups is 1. The molecule has 0 unspecified atom stereocenters. The molecule has 4 rings (SSSR count). The van der Waals surface area contributed by atoms with E-state index in [1.54, 1.807) is 66.7 Å². The fraction of sp³-hybridized carbons (Fsp3) is 0. The van der Waals surface area contributed by atoms with Gasteiger partial charge in [0.2, 0.25) is 0 Å². The minimum atomic E-state index is -0.707. The molecule has 0 fully saturated rings. The van der Waals surface area contributed by atoms with Crippen molar-refractivity contribution >= 4 is 51.3 Å². The van der Waals surface area contributed by atoms with E-state index in [1.807, 2.05) is 12.1 Å². The maximum Gasteiger partial charge on any atom is 0.347 e. The van der Waals surface area contributed by atoms with Crippen LogP contribution < -0.4 is 4.74 Å². The van der Waals surface area contributed by atoms with Gasteiger partial charge in [0.15, 0.2) is 5.75 Å². The Morgan fingerprint density at radius 2 is 1.60 bits per heavy atom. The summed E-state index contributed by atoms with van der Waals surface area (Å²) < 4.78 is 5.37. The van der Waals surface area contributed by atoms with Gasteiger partial charge in [-0.15, -0.1) is 10.2 Å². The third-order valence-corrected chi connectivity index (χ3v) is 5.17. The van der Waals surface area contributed by atoms with E-state index < -0.39 is 5.97 Å². The number of fused-ring (bicyclic) bond motifs is 1. The molecule has 5 nitrogen and oxygen atoms in total. The number of benzene rings is 4. The monoisotopic (exact) mass is 436 g/mol. The number of para-hydroxylation sites is 1. The molecule has 0 atom stereocenters. The summed E-state index contributed by atoms with van der Waals surface area (Å²) >= 11 is 12.2. The normalized spacial score (nSPS) is 11.1. The number of rotatable bonds is 4. The summed E-state index contributed by atoms with van der Waals surface area (Å²) in [4.78, 5) is 12.7. The van der Waals surface area contributed by atoms with Gasteiger partial charge in [-0.1, -0.05) is 71.7 Å². The Labute approximate surface area is 182 Å². The van der Waals surface area contributed by atoms with Gasteiger partial charge in [0.1, 0.15) is 22.7 Å². The Kier molecular flexibility index (Phi) is 5.65. The molecule has 0 aliphatic heterocycles. The van der Waals surface area contributed by atoms with Crippen LogP contribution in [-0.4, -0.2) is 11.1 Å². The van der Waals surface area contributed by atoms with Gasteiger partial charge in [-0.05, 0) is 35.7 Å². The largest absolute Gasteiger partial charge is 0.505 e. The van der Waals surface area contributed by atoms with Crippen molar-refractivity contribution < 1.29 is 14.6 Å². The Morgan fingerprint density at radius 1 is 0.867 bits per heavy atom. The standard InChI is InChI=1S/C23H14Cl2N2O3/c24-18-11-6-12-19(20(18)25)26-27-21-16-10-5-4-7-14(16)13-17(22(21)28)23(29)30-15-8-2-1-3-9-15/h1-13,28H. The average Bonchev–Trinajstić information content (AvgIpc) is 2.76. The molecule has 1 N–H and O–H groups in total. The maximum absolute atomic E-state index is 12.7. The molecule has 0 spiro atoms. The zero-order chi connectivity index (χ0) is 21.1. The molecule has 0 heterocycles. The number of ether oxygens (including phenoxy) is 1. The zero-order valence-electron chi connectivity index (χ0n) is 15.4. The molecule has 0 amide bonds. The summed E-state index contributed by atoms with van der Waals surface area (Å²) in [5.74, 6) is -0.679. The van der Waals surface area contributed by atoms with Crippen molar-refractivity contribution in [1.29, 1.82) is 0 Å². The Hall–Kier alpha value is -3.41. The third-order valence-electron chi connectivity index (χ3n) is 4.36. The van der Waals surface area contributed by atoms with Crippen LogP contribution in [0.4, 0.5) is 11.4 Å². The van der Waals surface area contributed by atoms with Gasteiger partial charge in [0.25, 0.3) is 0 Å². The average molecular weight is 437 g/mol. The number of hydrogen-bond donors (Lipinski definition) is 1. The molecule has 4 aromatic carbocycles. The van der Waals surface area contributed by atoms with Crippen molar-refractivity contribution in [2.75, 3.05) is 0 Å². The molecule has 30 heavy (non-hydrogen) atoms. The van der Waals surface area contributed by atoms with Gasteiger partial charge < -0.3 is 9.84 Å². The van der Waals surface area contributed by atoms with Crippen LogP contribution in [0.25, 0.3) is 10.8 Å². The van der Waals surface area contributed by atoms with Crippen LogP contribution in [0.1, 0.15) is 10.4 Å². The summed E-state index contributed by atoms with van der Waals surface area (Å²) in [7, 11) is 0. The summed E-state index contributed by atoms with van der Waals surface area (Å²) in [5.41, 5.74) is 0.442. The molecule has 148 valence electrons. The lowest BCUT2D eigenvalue weighted by atomic mass is 10.0. The number of nitrogens with zero attached hydrogens (tertiary/aromatic N) is 2. The molecule has 0 saturated carbocycles. The molecular formula is C23H14Cl2N2O3. The predicted molar refractivity (Wildman–Crippen MR) is 118 cm³/mol. The first-order valence-electron chi connectivity index (χ1n) is 8.92. The van der Waals surface area contributed by atoms with Crippen molar-refractivity contribution in [1.82, 2.24) is 0 Å². The molecule has 0 aliphatic carbocycles. The SMILES string of the molecule is O=C(Oc1ccccc1)c1cc2ccccc2c(N=Nc2cccc(Cl)c2Cl)c1O. The number of phenolic OH excluding ortho intramolecular Hbond substituents is 1. The minimum absolute atomic E-state index is 0.0244. The van der Waals surface area contributed by atoms with E-state index in [9.17, 15) is 9.90 Å². The van der Waals surface area contributed by atoms with Gasteiger partial charge >= 0.3 is 5.97 Å². The molecule has 0 bridgehead atoms. The highest BCUT2D eigenvalue weighted by Crippen LogP contribution is 2.41. The highest BCUT2D eigenvalue weighted by atomic mass is 35.5. The quantitative estimate of drug-likeness (QED) is 0.204. The number of hydrogen-bond acceptors (Lipinski definition) is 5. The molecule has 0 radical (unpaired) electrons. The van der Waals surface area contributed by atoms with Crippen LogP contribution in [0.5, 0.6) is 11.5 Å². The van der Waals surface area contributed by atoms with E-state index in [2.05, 4.69) is 10.2 Å². The fourth-order valence-corrected chi connectivity index (χ4v) is 3.23. The van der Waals surface area contributed by atoms with E-state index in [0.29, 0.717) is 27.2 Å². The number of phenols is 1. The number of halogens is 2. The van der Waals surface area contributed by atoms with E-state index in [0.717, 1.165) is 0 Å². The van der Waals surface area contributed by atoms with Crippen LogP contribution >= 0.6 is 23.2 Å². The van der Waals surface area contributed by atoms with Crippen LogP contribution in [0.2, 0.25) is 10.0 Å². The third kappa shape index (κ3) is 3.99. The van der Waals surface area contributed by atoms with Crippen LogP contribution in [0, 0.1) is 0 Å². The lowest BCUT2D eigenvalue weighted by Gasteiger charge is -2.10. The highest BCUT2D eigenvalue weighted by molar-refractivity contribution is 6.43. The van der Waals surface area contributed by atoms with Crippen molar-refractivity contribution in [2.24, 2.45) is 10.2 Å². The van der Waals surface area contributed by atoms with Crippen LogP contribution in [0.3, 0.4) is 0 Å². The van der Waals surface area contributed by atoms with E-state index in [4.69, 9.17) is 27.9 Å². The zero-order valence-corrected chi connectivity index (χ0v) is 16.9. The second kappa shape index (κ2) is 8.53. The van der Waals surface area contributed by atoms with Gasteiger partial charge in [-0.25, -0.2) is 4.79 Å². The van der Waals surface area contributed by atoms with E-state index in [1.165, 1.54) is 0 Å². The van der Waals surface area contributed by atoms with E-state index in [-0.39, 0.29) is 22.0 Å². The second-order valence-corrected chi connectivity index (χ2v) is 7.10. The Morgan fingerprint density at radius 3 is 2.40 bits per heavy atom. The van der Waals surface area contributed by atoms with Crippen molar-refractivity contribution in [3.05, 3.63) is 94.5 Å². The van der Waals surface area contributed by atoms with Crippen LogP contribution in [-0.2, 0) is 0 Å². The molecule has 7 heteroatoms. The van der Waals surface area contributed by atoms with Gasteiger partial charge in [-0.3, -0.25) is 0 Å². The summed E-state index contributed by atoms with van der Waals surface area (Å²) in [6, 6.07) is 22.3. The van der Waals surface area contributed by atoms with Gasteiger partial charge in [0.05, 0.1) is 10.0 Å². The predicted octanol–water partition coefficient (Wildman–Crippen LogP) is 7.49. The van der Waals surface area contributed by atoms with Gasteiger partial charge in [-0.2, -0.15) is 0 Å². The Balaban J connectivity index is 1.80. The summed E-state index contributed by atoms with van der Waals surface area (Å²) in [6.45, 7) is 0. The van der Waals surface area contributed by atoms with Crippen molar-refractivity contribution in [3.63, 3.8) is 0 Å². The molecule has 0 saturated heterocycles. The van der Waals surface area contributed by atoms with E-state index >= 15 is 0 Å². The second-order valence-electron chi connectivity index (χ2n) is 6.32. The number of carbonyl (C=O) groups excluding carboxylic acids is 1. The minimum Gasteiger partial charge on any atom is -0.505 e. The van der Waals surface area contributed by atoms with Crippen LogP contribution in [0.15, 0.2) is 89.1 Å². The summed E-state index contributed by atoms with van der Waals surface area (Å²) in [5, 5.41) is 21.0. The lowest BCUT2D eigenvalue weighted by molar-refractivity contribution is 0.0732. The topological polar surface area (TPSA) is 71.2 Å². The first kappa shape index (κ1) is 19.9.